The lowest BCUT2D eigenvalue weighted by Gasteiger charge is -2.32. The van der Waals surface area contributed by atoms with Crippen molar-refractivity contribution < 1.29 is 9.59 Å². The third-order valence-electron chi connectivity index (χ3n) is 4.73. The Morgan fingerprint density at radius 3 is 2.67 bits per heavy atom. The van der Waals surface area contributed by atoms with E-state index in [1.807, 2.05) is 26.0 Å². The smallest absolute Gasteiger partial charge is 0.253 e. The molecule has 0 aromatic heterocycles. The SMILES string of the molecule is CCN(CC)C(=O)c1cccc(NC(=O)CN2CCCC[C@@H]2C)c1. The molecule has 1 heterocycles. The monoisotopic (exact) mass is 331 g/mol. The van der Waals surface area contributed by atoms with E-state index in [0.29, 0.717) is 36.9 Å². The highest BCUT2D eigenvalue weighted by Gasteiger charge is 2.20. The molecule has 1 aromatic rings. The summed E-state index contributed by atoms with van der Waals surface area (Å²) in [7, 11) is 0. The zero-order chi connectivity index (χ0) is 17.5. The van der Waals surface area contributed by atoms with E-state index in [4.69, 9.17) is 0 Å². The lowest BCUT2D eigenvalue weighted by Crippen LogP contribution is -2.42. The minimum absolute atomic E-state index is 0.000696. The van der Waals surface area contributed by atoms with E-state index in [1.54, 1.807) is 17.0 Å². The van der Waals surface area contributed by atoms with Crippen LogP contribution in [0.5, 0.6) is 0 Å². The molecule has 1 atom stereocenters. The summed E-state index contributed by atoms with van der Waals surface area (Å²) < 4.78 is 0. The van der Waals surface area contributed by atoms with Gasteiger partial charge in [-0.05, 0) is 58.4 Å². The maximum absolute atomic E-state index is 12.4. The van der Waals surface area contributed by atoms with Gasteiger partial charge in [-0.15, -0.1) is 0 Å². The van der Waals surface area contributed by atoms with E-state index in [9.17, 15) is 9.59 Å². The quantitative estimate of drug-likeness (QED) is 0.872. The Morgan fingerprint density at radius 1 is 1.25 bits per heavy atom. The number of nitrogens with zero attached hydrogens (tertiary/aromatic N) is 2. The molecule has 0 spiro atoms. The molecule has 5 nitrogen and oxygen atoms in total. The molecule has 0 radical (unpaired) electrons. The first kappa shape index (κ1) is 18.5. The first-order valence-corrected chi connectivity index (χ1v) is 8.98. The van der Waals surface area contributed by atoms with Crippen LogP contribution >= 0.6 is 0 Å². The average molecular weight is 331 g/mol. The van der Waals surface area contributed by atoms with Gasteiger partial charge in [0.25, 0.3) is 5.91 Å². The molecule has 1 aliphatic heterocycles. The Labute approximate surface area is 145 Å². The predicted molar refractivity (Wildman–Crippen MR) is 97.2 cm³/mol. The molecular formula is C19H29N3O2. The second kappa shape index (κ2) is 8.83. The molecule has 0 saturated carbocycles. The minimum Gasteiger partial charge on any atom is -0.339 e. The predicted octanol–water partition coefficient (Wildman–Crippen LogP) is 2.98. The number of carbonyl (C=O) groups is 2. The fraction of sp³-hybridized carbons (Fsp3) is 0.579. The molecule has 1 aliphatic rings. The molecule has 0 unspecified atom stereocenters. The van der Waals surface area contributed by atoms with E-state index < -0.39 is 0 Å². The number of piperidine rings is 1. The van der Waals surface area contributed by atoms with Crippen LogP contribution in [0.15, 0.2) is 24.3 Å². The molecule has 24 heavy (non-hydrogen) atoms. The Balaban J connectivity index is 1.98. The third-order valence-corrected chi connectivity index (χ3v) is 4.73. The highest BCUT2D eigenvalue weighted by atomic mass is 16.2. The lowest BCUT2D eigenvalue weighted by molar-refractivity contribution is -0.118. The van der Waals surface area contributed by atoms with Crippen LogP contribution in [0.25, 0.3) is 0 Å². The van der Waals surface area contributed by atoms with Crippen LogP contribution in [-0.2, 0) is 4.79 Å². The summed E-state index contributed by atoms with van der Waals surface area (Å²) in [5.41, 5.74) is 1.30. The Morgan fingerprint density at radius 2 is 2.00 bits per heavy atom. The molecule has 1 aromatic carbocycles. The highest BCUT2D eigenvalue weighted by molar-refractivity contribution is 5.97. The number of likely N-dealkylation sites (tertiary alicyclic amines) is 1. The largest absolute Gasteiger partial charge is 0.339 e. The summed E-state index contributed by atoms with van der Waals surface area (Å²) in [5, 5.41) is 2.93. The normalized spacial score (nSPS) is 18.2. The Kier molecular flexibility index (Phi) is 6.79. The number of benzene rings is 1. The van der Waals surface area contributed by atoms with Crippen molar-refractivity contribution >= 4 is 17.5 Å². The molecule has 1 saturated heterocycles. The number of hydrogen-bond acceptors (Lipinski definition) is 3. The molecule has 1 N–H and O–H groups in total. The van der Waals surface area contributed by atoms with Gasteiger partial charge >= 0.3 is 0 Å². The van der Waals surface area contributed by atoms with E-state index in [1.165, 1.54) is 6.42 Å². The van der Waals surface area contributed by atoms with Crippen molar-refractivity contribution in [1.82, 2.24) is 9.80 Å². The summed E-state index contributed by atoms with van der Waals surface area (Å²) in [4.78, 5) is 28.7. The second-order valence-electron chi connectivity index (χ2n) is 6.42. The number of nitrogens with one attached hydrogen (secondary N) is 1. The van der Waals surface area contributed by atoms with Crippen molar-refractivity contribution in [1.29, 1.82) is 0 Å². The van der Waals surface area contributed by atoms with E-state index in [0.717, 1.165) is 19.4 Å². The fourth-order valence-electron chi connectivity index (χ4n) is 3.20. The van der Waals surface area contributed by atoms with E-state index in [-0.39, 0.29) is 11.8 Å². The van der Waals surface area contributed by atoms with Gasteiger partial charge in [0.05, 0.1) is 6.54 Å². The molecule has 5 heteroatoms. The summed E-state index contributed by atoms with van der Waals surface area (Å²) >= 11 is 0. The van der Waals surface area contributed by atoms with Gasteiger partial charge in [-0.2, -0.15) is 0 Å². The maximum Gasteiger partial charge on any atom is 0.253 e. The molecule has 2 rings (SSSR count). The summed E-state index contributed by atoms with van der Waals surface area (Å²) in [6.45, 7) is 8.86. The van der Waals surface area contributed by atoms with Crippen molar-refractivity contribution in [2.75, 3.05) is 31.5 Å². The number of amides is 2. The lowest BCUT2D eigenvalue weighted by atomic mass is 10.0. The maximum atomic E-state index is 12.4. The number of hydrogen-bond donors (Lipinski definition) is 1. The minimum atomic E-state index is -0.0174. The summed E-state index contributed by atoms with van der Waals surface area (Å²) in [6.07, 6.45) is 3.56. The second-order valence-corrected chi connectivity index (χ2v) is 6.42. The van der Waals surface area contributed by atoms with Gasteiger partial charge in [0.15, 0.2) is 0 Å². The number of rotatable bonds is 6. The van der Waals surface area contributed by atoms with Gasteiger partial charge in [0.1, 0.15) is 0 Å². The van der Waals surface area contributed by atoms with Crippen molar-refractivity contribution in [3.63, 3.8) is 0 Å². The standard InChI is InChI=1S/C19H29N3O2/c1-4-21(5-2)19(24)16-10-8-11-17(13-16)20-18(23)14-22-12-7-6-9-15(22)3/h8,10-11,13,15H,4-7,9,12,14H2,1-3H3,(H,20,23)/t15-/m0/s1. The number of carbonyl (C=O) groups excluding carboxylic acids is 2. The molecule has 0 aliphatic carbocycles. The fourth-order valence-corrected chi connectivity index (χ4v) is 3.20. The first-order valence-electron chi connectivity index (χ1n) is 8.98. The Hall–Kier alpha value is -1.88. The van der Waals surface area contributed by atoms with Crippen molar-refractivity contribution in [3.05, 3.63) is 29.8 Å². The van der Waals surface area contributed by atoms with Crippen LogP contribution in [0.4, 0.5) is 5.69 Å². The van der Waals surface area contributed by atoms with Gasteiger partial charge in [-0.3, -0.25) is 14.5 Å². The van der Waals surface area contributed by atoms with Crippen LogP contribution in [0.2, 0.25) is 0 Å². The zero-order valence-electron chi connectivity index (χ0n) is 15.0. The van der Waals surface area contributed by atoms with Gasteiger partial charge < -0.3 is 10.2 Å². The third kappa shape index (κ3) is 4.81. The molecular weight excluding hydrogens is 302 g/mol. The average Bonchev–Trinajstić information content (AvgIpc) is 2.58. The highest BCUT2D eigenvalue weighted by Crippen LogP contribution is 2.17. The zero-order valence-corrected chi connectivity index (χ0v) is 15.0. The van der Waals surface area contributed by atoms with Crippen LogP contribution < -0.4 is 5.32 Å². The molecule has 0 bridgehead atoms. The summed E-state index contributed by atoms with van der Waals surface area (Å²) in [5.74, 6) is -0.0167. The van der Waals surface area contributed by atoms with Gasteiger partial charge in [0, 0.05) is 30.4 Å². The van der Waals surface area contributed by atoms with Crippen LogP contribution in [0.3, 0.4) is 0 Å². The van der Waals surface area contributed by atoms with Crippen LogP contribution in [-0.4, -0.2) is 53.8 Å². The summed E-state index contributed by atoms with van der Waals surface area (Å²) in [6, 6.07) is 7.66. The molecule has 1 fully saturated rings. The van der Waals surface area contributed by atoms with Crippen molar-refractivity contribution in [2.24, 2.45) is 0 Å². The van der Waals surface area contributed by atoms with Gasteiger partial charge in [0.2, 0.25) is 5.91 Å². The molecule has 132 valence electrons. The van der Waals surface area contributed by atoms with Crippen LogP contribution in [0, 0.1) is 0 Å². The first-order chi connectivity index (χ1) is 11.5. The van der Waals surface area contributed by atoms with Crippen molar-refractivity contribution in [2.45, 2.75) is 46.1 Å². The van der Waals surface area contributed by atoms with Gasteiger partial charge in [-0.1, -0.05) is 12.5 Å². The molecule has 2 amide bonds. The Bertz CT molecular complexity index is 569. The number of anilines is 1. The topological polar surface area (TPSA) is 52.7 Å². The van der Waals surface area contributed by atoms with Crippen LogP contribution in [0.1, 0.15) is 50.4 Å². The van der Waals surface area contributed by atoms with E-state index >= 15 is 0 Å². The van der Waals surface area contributed by atoms with Crippen molar-refractivity contribution in [3.8, 4) is 0 Å². The van der Waals surface area contributed by atoms with E-state index in [2.05, 4.69) is 17.1 Å². The van der Waals surface area contributed by atoms with Gasteiger partial charge in [-0.25, -0.2) is 0 Å².